The second kappa shape index (κ2) is 5.57. The predicted octanol–water partition coefficient (Wildman–Crippen LogP) is 2.78. The zero-order chi connectivity index (χ0) is 13.0. The number of hydrogen-bond acceptors (Lipinski definition) is 3. The van der Waals surface area contributed by atoms with Crippen molar-refractivity contribution in [2.24, 2.45) is 5.92 Å². The van der Waals surface area contributed by atoms with E-state index in [9.17, 15) is 4.79 Å². The van der Waals surface area contributed by atoms with Crippen LogP contribution in [0.5, 0.6) is 5.75 Å². The molecule has 94 valence electrons. The topological polar surface area (TPSA) is 72.5 Å². The van der Waals surface area contributed by atoms with Crippen LogP contribution in [0.2, 0.25) is 0 Å². The summed E-state index contributed by atoms with van der Waals surface area (Å²) in [5.41, 5.74) is 6.40. The minimum Gasteiger partial charge on any atom is -0.489 e. The number of nitrogens with two attached hydrogens (primary N) is 1. The smallest absolute Gasteiger partial charge is 0.335 e. The van der Waals surface area contributed by atoms with Gasteiger partial charge in [0.25, 0.3) is 0 Å². The van der Waals surface area contributed by atoms with Crippen molar-refractivity contribution in [3.63, 3.8) is 0 Å². The van der Waals surface area contributed by atoms with Gasteiger partial charge in [0.15, 0.2) is 0 Å². The van der Waals surface area contributed by atoms with Crippen LogP contribution in [0.3, 0.4) is 0 Å². The number of benzene rings is 1. The van der Waals surface area contributed by atoms with E-state index in [1.807, 2.05) is 6.92 Å². The van der Waals surface area contributed by atoms with Crippen molar-refractivity contribution in [1.29, 1.82) is 0 Å². The number of carboxylic acid groups (broad SMARTS) is 1. The molecule has 3 N–H and O–H groups in total. The van der Waals surface area contributed by atoms with E-state index in [2.05, 4.69) is 13.8 Å². The highest BCUT2D eigenvalue weighted by Gasteiger charge is 2.11. The minimum atomic E-state index is -0.980. The summed E-state index contributed by atoms with van der Waals surface area (Å²) in [5.74, 6) is -0.0155. The average molecular weight is 237 g/mol. The van der Waals surface area contributed by atoms with Gasteiger partial charge in [0.1, 0.15) is 5.75 Å². The lowest BCUT2D eigenvalue weighted by molar-refractivity contribution is 0.0696. The molecular weight excluding hydrogens is 218 g/mol. The fourth-order valence-corrected chi connectivity index (χ4v) is 1.70. The van der Waals surface area contributed by atoms with Crippen LogP contribution in [0.1, 0.15) is 37.6 Å². The maximum absolute atomic E-state index is 10.8. The molecular formula is C13H19NO3. The van der Waals surface area contributed by atoms with Crippen molar-refractivity contribution in [2.45, 2.75) is 33.3 Å². The van der Waals surface area contributed by atoms with E-state index >= 15 is 0 Å². The van der Waals surface area contributed by atoms with Crippen molar-refractivity contribution in [3.8, 4) is 5.75 Å². The van der Waals surface area contributed by atoms with Gasteiger partial charge in [0, 0.05) is 0 Å². The molecule has 4 nitrogen and oxygen atoms in total. The van der Waals surface area contributed by atoms with E-state index in [0.717, 1.165) is 6.42 Å². The van der Waals surface area contributed by atoms with E-state index < -0.39 is 5.97 Å². The summed E-state index contributed by atoms with van der Waals surface area (Å²) in [6.45, 7) is 6.17. The Balaban J connectivity index is 2.82. The Labute approximate surface area is 101 Å². The maximum atomic E-state index is 10.8. The molecule has 0 radical (unpaired) electrons. The third-order valence-corrected chi connectivity index (χ3v) is 2.39. The summed E-state index contributed by atoms with van der Waals surface area (Å²) in [4.78, 5) is 10.8. The number of carbonyl (C=O) groups is 1. The van der Waals surface area contributed by atoms with Crippen LogP contribution in [-0.2, 0) is 0 Å². The Morgan fingerprint density at radius 1 is 1.41 bits per heavy atom. The second-order valence-corrected chi connectivity index (χ2v) is 4.62. The fourth-order valence-electron chi connectivity index (χ4n) is 1.70. The Morgan fingerprint density at radius 2 is 2.06 bits per heavy atom. The van der Waals surface area contributed by atoms with Gasteiger partial charge in [-0.2, -0.15) is 0 Å². The number of hydrogen-bond donors (Lipinski definition) is 2. The van der Waals surface area contributed by atoms with Gasteiger partial charge in [0.05, 0.1) is 17.4 Å². The molecule has 0 aliphatic carbocycles. The molecule has 1 atom stereocenters. The van der Waals surface area contributed by atoms with Gasteiger partial charge in [-0.3, -0.25) is 0 Å². The molecule has 0 heterocycles. The number of carboxylic acids is 1. The van der Waals surface area contributed by atoms with Crippen molar-refractivity contribution in [2.75, 3.05) is 5.73 Å². The van der Waals surface area contributed by atoms with Gasteiger partial charge in [-0.25, -0.2) is 4.79 Å². The lowest BCUT2D eigenvalue weighted by Gasteiger charge is -2.18. The fraction of sp³-hybridized carbons (Fsp3) is 0.462. The molecule has 0 aromatic heterocycles. The van der Waals surface area contributed by atoms with Crippen molar-refractivity contribution in [3.05, 3.63) is 23.8 Å². The van der Waals surface area contributed by atoms with Crippen molar-refractivity contribution < 1.29 is 14.6 Å². The van der Waals surface area contributed by atoms with Gasteiger partial charge >= 0.3 is 5.97 Å². The summed E-state index contributed by atoms with van der Waals surface area (Å²) in [6.07, 6.45) is 0.915. The second-order valence-electron chi connectivity index (χ2n) is 4.62. The minimum absolute atomic E-state index is 0.0151. The van der Waals surface area contributed by atoms with Gasteiger partial charge in [-0.05, 0) is 37.5 Å². The Kier molecular flexibility index (Phi) is 4.37. The first-order valence-corrected chi connectivity index (χ1v) is 5.69. The molecule has 0 saturated heterocycles. The summed E-state index contributed by atoms with van der Waals surface area (Å²) in [6, 6.07) is 4.49. The highest BCUT2D eigenvalue weighted by Crippen LogP contribution is 2.25. The highest BCUT2D eigenvalue weighted by molar-refractivity contribution is 5.89. The number of aromatic carboxylic acids is 1. The zero-order valence-corrected chi connectivity index (χ0v) is 10.4. The molecule has 0 bridgehead atoms. The summed E-state index contributed by atoms with van der Waals surface area (Å²) < 4.78 is 5.66. The lowest BCUT2D eigenvalue weighted by atomic mass is 10.1. The van der Waals surface area contributed by atoms with Crippen molar-refractivity contribution in [1.82, 2.24) is 0 Å². The largest absolute Gasteiger partial charge is 0.489 e. The quantitative estimate of drug-likeness (QED) is 0.772. The lowest BCUT2D eigenvalue weighted by Crippen LogP contribution is -2.15. The summed E-state index contributed by atoms with van der Waals surface area (Å²) >= 11 is 0. The van der Waals surface area contributed by atoms with Crippen LogP contribution < -0.4 is 10.5 Å². The molecule has 0 fully saturated rings. The molecule has 0 saturated carbocycles. The molecule has 17 heavy (non-hydrogen) atoms. The molecule has 0 aliphatic heterocycles. The van der Waals surface area contributed by atoms with E-state index in [4.69, 9.17) is 15.6 Å². The number of nitrogen functional groups attached to an aromatic ring is 1. The monoisotopic (exact) mass is 237 g/mol. The molecule has 0 spiro atoms. The van der Waals surface area contributed by atoms with E-state index in [1.165, 1.54) is 12.1 Å². The average Bonchev–Trinajstić information content (AvgIpc) is 2.19. The first kappa shape index (κ1) is 13.4. The zero-order valence-electron chi connectivity index (χ0n) is 10.4. The van der Waals surface area contributed by atoms with Crippen LogP contribution in [0.15, 0.2) is 18.2 Å². The summed E-state index contributed by atoms with van der Waals surface area (Å²) in [5, 5.41) is 8.88. The molecule has 0 amide bonds. The normalized spacial score (nSPS) is 12.5. The molecule has 0 aliphatic rings. The first-order valence-electron chi connectivity index (χ1n) is 5.69. The molecule has 1 aromatic carbocycles. The molecule has 4 heteroatoms. The standard InChI is InChI=1S/C13H19NO3/c1-8(2)6-9(3)17-12-7-10(13(15)16)4-5-11(12)14/h4-5,7-9H,6,14H2,1-3H3,(H,15,16). The van der Waals surface area contributed by atoms with Gasteiger partial charge in [-0.1, -0.05) is 13.8 Å². The number of rotatable bonds is 5. The predicted molar refractivity (Wildman–Crippen MR) is 67.4 cm³/mol. The van der Waals surface area contributed by atoms with Gasteiger partial charge in [-0.15, -0.1) is 0 Å². The van der Waals surface area contributed by atoms with E-state index in [0.29, 0.717) is 17.4 Å². The molecule has 1 unspecified atom stereocenters. The van der Waals surface area contributed by atoms with Crippen molar-refractivity contribution >= 4 is 11.7 Å². The van der Waals surface area contributed by atoms with Crippen LogP contribution in [0, 0.1) is 5.92 Å². The molecule has 1 rings (SSSR count). The van der Waals surface area contributed by atoms with Crippen LogP contribution in [0.4, 0.5) is 5.69 Å². The Bertz CT molecular complexity index is 402. The third-order valence-electron chi connectivity index (χ3n) is 2.39. The van der Waals surface area contributed by atoms with Crippen LogP contribution in [0.25, 0.3) is 0 Å². The maximum Gasteiger partial charge on any atom is 0.335 e. The Hall–Kier alpha value is -1.71. The van der Waals surface area contributed by atoms with Gasteiger partial charge in [0.2, 0.25) is 0 Å². The summed E-state index contributed by atoms with van der Waals surface area (Å²) in [7, 11) is 0. The highest BCUT2D eigenvalue weighted by atomic mass is 16.5. The van der Waals surface area contributed by atoms with Crippen LogP contribution >= 0.6 is 0 Å². The number of ether oxygens (including phenoxy) is 1. The number of anilines is 1. The Morgan fingerprint density at radius 3 is 2.59 bits per heavy atom. The third kappa shape index (κ3) is 3.98. The van der Waals surface area contributed by atoms with Gasteiger partial charge < -0.3 is 15.6 Å². The van der Waals surface area contributed by atoms with Crippen LogP contribution in [-0.4, -0.2) is 17.2 Å². The SMILES string of the molecule is CC(C)CC(C)Oc1cc(C(=O)O)ccc1N. The van der Waals surface area contributed by atoms with E-state index in [1.54, 1.807) is 6.07 Å². The first-order chi connectivity index (χ1) is 7.90. The molecule has 1 aromatic rings. The van der Waals surface area contributed by atoms with E-state index in [-0.39, 0.29) is 11.7 Å².